The third-order valence-corrected chi connectivity index (χ3v) is 3.19. The number of aliphatic hydroxyl groups excluding tert-OH is 1. The lowest BCUT2D eigenvalue weighted by molar-refractivity contribution is 0.138. The first-order valence-corrected chi connectivity index (χ1v) is 5.90. The summed E-state index contributed by atoms with van der Waals surface area (Å²) in [5, 5.41) is 12.8. The van der Waals surface area contributed by atoms with Crippen LogP contribution in [0.2, 0.25) is 5.28 Å². The molecular weight excluding hydrogens is 245 g/mol. The fourth-order valence-electron chi connectivity index (χ4n) is 2.02. The lowest BCUT2D eigenvalue weighted by Gasteiger charge is -2.33. The lowest BCUT2D eigenvalue weighted by atomic mass is 9.84. The van der Waals surface area contributed by atoms with Crippen LogP contribution in [0.4, 0.5) is 10.2 Å². The first kappa shape index (κ1) is 12.5. The van der Waals surface area contributed by atoms with Crippen LogP contribution in [0.3, 0.4) is 0 Å². The number of nitrogens with one attached hydrogen (secondary N) is 1. The van der Waals surface area contributed by atoms with E-state index in [4.69, 9.17) is 11.6 Å². The van der Waals surface area contributed by atoms with Crippen molar-refractivity contribution in [2.75, 3.05) is 5.32 Å². The molecule has 2 rings (SSSR count). The molecule has 1 aliphatic carbocycles. The Morgan fingerprint density at radius 1 is 1.59 bits per heavy atom. The molecule has 1 aliphatic rings. The Labute approximate surface area is 104 Å². The van der Waals surface area contributed by atoms with E-state index in [0.717, 1.165) is 31.4 Å². The first-order chi connectivity index (χ1) is 8.08. The highest BCUT2D eigenvalue weighted by Crippen LogP contribution is 2.28. The molecule has 2 atom stereocenters. The minimum Gasteiger partial charge on any atom is -0.390 e. The SMILES string of the molecule is C[C]1CCCC(Nc2nc(Cl)ncc2F)C1O. The highest BCUT2D eigenvalue weighted by molar-refractivity contribution is 6.28. The molecule has 1 heterocycles. The van der Waals surface area contributed by atoms with Crippen LogP contribution >= 0.6 is 11.6 Å². The zero-order chi connectivity index (χ0) is 12.4. The van der Waals surface area contributed by atoms with Crippen molar-refractivity contribution in [3.05, 3.63) is 23.2 Å². The van der Waals surface area contributed by atoms with Gasteiger partial charge in [-0.25, -0.2) is 9.37 Å². The monoisotopic (exact) mass is 258 g/mol. The molecule has 17 heavy (non-hydrogen) atoms. The predicted octanol–water partition coefficient (Wildman–Crippen LogP) is 2.19. The second kappa shape index (κ2) is 5.14. The summed E-state index contributed by atoms with van der Waals surface area (Å²) >= 11 is 5.60. The maximum absolute atomic E-state index is 13.4. The highest BCUT2D eigenvalue weighted by Gasteiger charge is 2.30. The van der Waals surface area contributed by atoms with Crippen molar-refractivity contribution in [2.24, 2.45) is 0 Å². The summed E-state index contributed by atoms with van der Waals surface area (Å²) in [6, 6.07) is -0.218. The van der Waals surface area contributed by atoms with Gasteiger partial charge in [-0.1, -0.05) is 13.3 Å². The number of aliphatic hydroxyl groups is 1. The van der Waals surface area contributed by atoms with E-state index in [1.54, 1.807) is 0 Å². The van der Waals surface area contributed by atoms with E-state index in [1.165, 1.54) is 0 Å². The molecule has 1 aromatic heterocycles. The molecule has 0 bridgehead atoms. The quantitative estimate of drug-likeness (QED) is 0.799. The molecule has 0 saturated heterocycles. The van der Waals surface area contributed by atoms with Gasteiger partial charge in [0, 0.05) is 5.92 Å². The van der Waals surface area contributed by atoms with Crippen LogP contribution in [-0.4, -0.2) is 27.2 Å². The van der Waals surface area contributed by atoms with Crippen molar-refractivity contribution in [3.8, 4) is 0 Å². The van der Waals surface area contributed by atoms with Gasteiger partial charge in [-0.2, -0.15) is 4.98 Å². The van der Waals surface area contributed by atoms with Gasteiger partial charge in [-0.05, 0) is 24.4 Å². The molecule has 0 amide bonds. The maximum Gasteiger partial charge on any atom is 0.224 e. The van der Waals surface area contributed by atoms with Gasteiger partial charge in [-0.3, -0.25) is 0 Å². The van der Waals surface area contributed by atoms with Gasteiger partial charge >= 0.3 is 0 Å². The van der Waals surface area contributed by atoms with Gasteiger partial charge in [0.2, 0.25) is 5.28 Å². The van der Waals surface area contributed by atoms with Crippen LogP contribution < -0.4 is 5.32 Å². The second-order valence-electron chi connectivity index (χ2n) is 4.27. The smallest absolute Gasteiger partial charge is 0.224 e. The third kappa shape index (κ3) is 2.84. The lowest BCUT2D eigenvalue weighted by Crippen LogP contribution is -2.40. The van der Waals surface area contributed by atoms with Crippen molar-refractivity contribution in [2.45, 2.75) is 38.3 Å². The molecule has 1 fully saturated rings. The number of hydrogen-bond acceptors (Lipinski definition) is 4. The second-order valence-corrected chi connectivity index (χ2v) is 4.61. The van der Waals surface area contributed by atoms with E-state index in [0.29, 0.717) is 0 Å². The number of aromatic nitrogens is 2. The molecule has 4 nitrogen and oxygen atoms in total. The van der Waals surface area contributed by atoms with Gasteiger partial charge in [0.1, 0.15) is 0 Å². The Hall–Kier alpha value is -0.940. The predicted molar refractivity (Wildman–Crippen MR) is 63.2 cm³/mol. The molecule has 1 aromatic rings. The third-order valence-electron chi connectivity index (χ3n) is 3.01. The largest absolute Gasteiger partial charge is 0.390 e. The Balaban J connectivity index is 2.11. The van der Waals surface area contributed by atoms with Gasteiger partial charge in [0.15, 0.2) is 11.6 Å². The topological polar surface area (TPSA) is 58.0 Å². The number of nitrogens with zero attached hydrogens (tertiary/aromatic N) is 2. The summed E-state index contributed by atoms with van der Waals surface area (Å²) in [7, 11) is 0. The van der Waals surface area contributed by atoms with Crippen molar-refractivity contribution >= 4 is 17.4 Å². The van der Waals surface area contributed by atoms with E-state index >= 15 is 0 Å². The Morgan fingerprint density at radius 3 is 3.12 bits per heavy atom. The van der Waals surface area contributed by atoms with Crippen LogP contribution in [0, 0.1) is 11.7 Å². The molecule has 2 N–H and O–H groups in total. The van der Waals surface area contributed by atoms with Gasteiger partial charge < -0.3 is 10.4 Å². The van der Waals surface area contributed by atoms with E-state index in [9.17, 15) is 9.50 Å². The van der Waals surface area contributed by atoms with Crippen molar-refractivity contribution in [1.29, 1.82) is 0 Å². The van der Waals surface area contributed by atoms with Crippen LogP contribution in [0.1, 0.15) is 26.2 Å². The summed E-state index contributed by atoms with van der Waals surface area (Å²) in [4.78, 5) is 7.31. The average Bonchev–Trinajstić information content (AvgIpc) is 2.30. The fourth-order valence-corrected chi connectivity index (χ4v) is 2.16. The highest BCUT2D eigenvalue weighted by atomic mass is 35.5. The zero-order valence-corrected chi connectivity index (χ0v) is 10.2. The maximum atomic E-state index is 13.4. The van der Waals surface area contributed by atoms with E-state index < -0.39 is 11.9 Å². The van der Waals surface area contributed by atoms with Crippen LogP contribution in [0.25, 0.3) is 0 Å². The number of halogens is 2. The number of anilines is 1. The molecule has 0 aromatic carbocycles. The van der Waals surface area contributed by atoms with Gasteiger partial charge in [-0.15, -0.1) is 0 Å². The van der Waals surface area contributed by atoms with Gasteiger partial charge in [0.25, 0.3) is 0 Å². The van der Waals surface area contributed by atoms with Crippen LogP contribution in [0.15, 0.2) is 6.20 Å². The number of rotatable bonds is 2. The van der Waals surface area contributed by atoms with Crippen LogP contribution in [0.5, 0.6) is 0 Å². The Bertz CT molecular complexity index is 404. The minimum atomic E-state index is -0.572. The molecule has 2 unspecified atom stereocenters. The standard InChI is InChI=1S/C11H14ClFN3O/c1-6-3-2-4-8(9(6)17)15-10-7(13)5-14-11(12)16-10/h5,8-9,17H,2-4H2,1H3,(H,14,15,16). The number of hydrogen-bond donors (Lipinski definition) is 2. The zero-order valence-electron chi connectivity index (χ0n) is 9.45. The summed E-state index contributed by atoms with van der Waals surface area (Å²) in [5.74, 6) is 0.489. The minimum absolute atomic E-state index is 0.0140. The molecular formula is C11H14ClFN3O. The summed E-state index contributed by atoms with van der Waals surface area (Å²) in [5.41, 5.74) is 0. The first-order valence-electron chi connectivity index (χ1n) is 5.53. The molecule has 0 spiro atoms. The molecule has 1 saturated carbocycles. The summed E-state index contributed by atoms with van der Waals surface area (Å²) in [6.45, 7) is 1.90. The molecule has 1 radical (unpaired) electrons. The normalized spacial score (nSPS) is 25.9. The van der Waals surface area contributed by atoms with E-state index in [1.807, 2.05) is 6.92 Å². The van der Waals surface area contributed by atoms with Gasteiger partial charge in [0.05, 0.1) is 18.3 Å². The van der Waals surface area contributed by atoms with Crippen molar-refractivity contribution in [1.82, 2.24) is 9.97 Å². The van der Waals surface area contributed by atoms with E-state index in [2.05, 4.69) is 15.3 Å². The summed E-state index contributed by atoms with van der Waals surface area (Å²) in [6.07, 6.45) is 3.10. The van der Waals surface area contributed by atoms with E-state index in [-0.39, 0.29) is 17.1 Å². The van der Waals surface area contributed by atoms with Crippen molar-refractivity contribution < 1.29 is 9.50 Å². The van der Waals surface area contributed by atoms with Crippen molar-refractivity contribution in [3.63, 3.8) is 0 Å². The average molecular weight is 259 g/mol. The molecule has 6 heteroatoms. The fraction of sp³-hybridized carbons (Fsp3) is 0.545. The Kier molecular flexibility index (Phi) is 3.79. The Morgan fingerprint density at radius 2 is 2.35 bits per heavy atom. The molecule has 0 aliphatic heterocycles. The summed E-state index contributed by atoms with van der Waals surface area (Å²) < 4.78 is 13.4. The van der Waals surface area contributed by atoms with Crippen LogP contribution in [-0.2, 0) is 0 Å². The molecule has 93 valence electrons.